The van der Waals surface area contributed by atoms with Crippen LogP contribution < -0.4 is 19.9 Å². The number of ether oxygens (including phenoxy) is 1. The number of thioether (sulfide) groups is 1. The molecule has 22 heteroatoms. The Hall–Kier alpha value is -2.71. The Morgan fingerprint density at radius 1 is 1.15 bits per heavy atom. The molecule has 1 amide bonds. The average Bonchev–Trinajstić information content (AvgIpc) is 3.55. The van der Waals surface area contributed by atoms with Crippen molar-refractivity contribution in [2.45, 2.75) is 51.2 Å². The fourth-order valence-electron chi connectivity index (χ4n) is 4.33. The van der Waals surface area contributed by atoms with E-state index in [1.807, 2.05) is 43.4 Å². The van der Waals surface area contributed by atoms with Crippen LogP contribution in [0.5, 0.6) is 0 Å². The molecule has 3 heterocycles. The van der Waals surface area contributed by atoms with E-state index >= 15 is 0 Å². The second kappa shape index (κ2) is 22.9. The predicted molar refractivity (Wildman–Crippen MR) is 212 cm³/mol. The highest BCUT2D eigenvalue weighted by molar-refractivity contribution is 8.00. The van der Waals surface area contributed by atoms with Crippen LogP contribution in [0.25, 0.3) is 0 Å². The first kappa shape index (κ1) is 48.4. The minimum atomic E-state index is -4.35. The quantitative estimate of drug-likeness (QED) is 0.114. The van der Waals surface area contributed by atoms with Gasteiger partial charge in [0.25, 0.3) is 5.91 Å². The molecule has 1 saturated heterocycles. The largest absolute Gasteiger partial charge is 0.778 e. The molecule has 0 bridgehead atoms. The van der Waals surface area contributed by atoms with E-state index < -0.39 is 43.6 Å². The van der Waals surface area contributed by atoms with Crippen molar-refractivity contribution in [1.29, 1.82) is 0 Å². The van der Waals surface area contributed by atoms with Gasteiger partial charge in [-0.1, -0.05) is 41.4 Å². The lowest BCUT2D eigenvalue weighted by atomic mass is 9.95. The highest BCUT2D eigenvalue weighted by Gasteiger charge is 2.40. The smallest absolute Gasteiger partial charge is 0.325 e. The number of carboxylic acid groups (broad SMARTS) is 1. The summed E-state index contributed by atoms with van der Waals surface area (Å²) in [5.74, 6) is -2.09. The van der Waals surface area contributed by atoms with E-state index in [-0.39, 0.29) is 27.2 Å². The number of amides is 1. The molecule has 1 unspecified atom stereocenters. The minimum absolute atomic E-state index is 0.00687. The molecule has 55 heavy (non-hydrogen) atoms. The number of halogens is 3. The van der Waals surface area contributed by atoms with Gasteiger partial charge in [0.05, 0.1) is 68.0 Å². The Balaban J connectivity index is 0.000000298. The molecule has 2 aromatic carbocycles. The second-order valence-corrected chi connectivity index (χ2v) is 19.5. The third-order valence-corrected chi connectivity index (χ3v) is 10.2. The number of esters is 1. The number of hydroxylamine groups is 2. The van der Waals surface area contributed by atoms with Gasteiger partial charge < -0.3 is 24.2 Å². The number of hydrogen-bond acceptors (Lipinski definition) is 12. The molecule has 0 aliphatic carbocycles. The molecule has 0 spiro atoms. The molecular weight excluding hydrogens is 843 g/mol. The molecule has 5 rings (SSSR count). The molecule has 0 radical (unpaired) electrons. The van der Waals surface area contributed by atoms with Gasteiger partial charge in [-0.25, -0.2) is 19.1 Å². The molecule has 1 fully saturated rings. The fourth-order valence-corrected chi connectivity index (χ4v) is 6.91. The summed E-state index contributed by atoms with van der Waals surface area (Å²) >= 11 is 14.2. The topological polar surface area (TPSA) is 205 Å². The van der Waals surface area contributed by atoms with Crippen molar-refractivity contribution in [3.8, 4) is 0 Å². The summed E-state index contributed by atoms with van der Waals surface area (Å²) in [5.41, 5.74) is 0.552. The third kappa shape index (κ3) is 17.1. The van der Waals surface area contributed by atoms with Crippen molar-refractivity contribution in [3.05, 3.63) is 72.3 Å². The predicted octanol–water partition coefficient (Wildman–Crippen LogP) is 4.09. The fraction of sp³-hybridized carbons (Fsp3) is 0.485. The summed E-state index contributed by atoms with van der Waals surface area (Å²) in [5, 5.41) is 12.2. The molecular formula is C33H45Cl2FN5O10PS3. The van der Waals surface area contributed by atoms with Crippen LogP contribution in [0, 0.1) is 11.2 Å². The Labute approximate surface area is 339 Å². The number of carboxylic acids is 1. The van der Waals surface area contributed by atoms with Crippen LogP contribution in [0.15, 0.2) is 51.1 Å². The van der Waals surface area contributed by atoms with Crippen molar-refractivity contribution < 1.29 is 47.8 Å². The Morgan fingerprint density at radius 2 is 1.76 bits per heavy atom. The lowest BCUT2D eigenvalue weighted by Gasteiger charge is -2.16. The van der Waals surface area contributed by atoms with Crippen LogP contribution in [0.4, 0.5) is 10.1 Å². The number of rotatable bonds is 10. The number of carbonyl (C=O) groups is 3. The van der Waals surface area contributed by atoms with Crippen molar-refractivity contribution >= 4 is 88.3 Å². The standard InChI is InChI=1S/C15H15ClFN3O3S2.C12H14ClNO2.C3H8NO5P.C3H9S/c1-23-13(21)8-24-12-7-11(10(17)6-9(12)16)18-14-19-4-2-3-5-20(19)15(22)25-14;1-12(2)8-16-14(11(12)15)7-9-5-3-4-6-10(9)13;5-3(6)1-4-2-10(7,8)9;1-4(2)3/h6-7H,2-5,8H2,1H3;3-6H,7-8H2,1-2H3;4H,1-2H2,(H,5,6)(H2,7,8,9);1-3H3/q;;;+1/p-1. The van der Waals surface area contributed by atoms with Crippen LogP contribution in [-0.4, -0.2) is 93.3 Å². The molecule has 15 nitrogen and oxygen atoms in total. The minimum Gasteiger partial charge on any atom is -0.778 e. The highest BCUT2D eigenvalue weighted by Crippen LogP contribution is 2.33. The van der Waals surface area contributed by atoms with Crippen LogP contribution in [0.1, 0.15) is 32.3 Å². The number of nitrogens with one attached hydrogen (secondary N) is 1. The zero-order valence-electron chi connectivity index (χ0n) is 31.1. The highest BCUT2D eigenvalue weighted by atomic mass is 35.5. The summed E-state index contributed by atoms with van der Waals surface area (Å²) in [6, 6.07) is 10.1. The van der Waals surface area contributed by atoms with Gasteiger partial charge in [0.1, 0.15) is 19.1 Å². The zero-order chi connectivity index (χ0) is 41.5. The van der Waals surface area contributed by atoms with Crippen LogP contribution in [0.2, 0.25) is 10.0 Å². The van der Waals surface area contributed by atoms with E-state index in [2.05, 4.69) is 28.5 Å². The van der Waals surface area contributed by atoms with E-state index in [1.54, 1.807) is 9.36 Å². The van der Waals surface area contributed by atoms with Gasteiger partial charge in [-0.05, 0) is 72.7 Å². The molecule has 2 aliphatic rings. The first-order valence-corrected chi connectivity index (χ1v) is 23.1. The molecule has 1 atom stereocenters. The number of hydrogen-bond donors (Lipinski definition) is 3. The third-order valence-electron chi connectivity index (χ3n) is 6.93. The number of methoxy groups -OCH3 is 1. The summed E-state index contributed by atoms with van der Waals surface area (Å²) in [7, 11) is -2.41. The van der Waals surface area contributed by atoms with Crippen LogP contribution >= 0.6 is 53.9 Å². The maximum atomic E-state index is 14.3. The van der Waals surface area contributed by atoms with Gasteiger partial charge in [0.15, 0.2) is 0 Å². The summed E-state index contributed by atoms with van der Waals surface area (Å²) in [6.07, 6.45) is 7.77. The molecule has 1 aromatic heterocycles. The summed E-state index contributed by atoms with van der Waals surface area (Å²) < 4.78 is 32.2. The second-order valence-electron chi connectivity index (χ2n) is 12.7. The van der Waals surface area contributed by atoms with Crippen molar-refractivity contribution in [3.63, 3.8) is 0 Å². The SMILES string of the molecule is CC1(C)CON(Cc2ccccc2Cl)C1=O.COC(=O)CSc1cc(N=c2sc(=O)n3n2CCCC3)c(F)cc1Cl.C[S+](C)C.O=C(O)CNCP(=O)([O-])O. The summed E-state index contributed by atoms with van der Waals surface area (Å²) in [4.78, 5) is 73.5. The van der Waals surface area contributed by atoms with E-state index in [9.17, 15) is 33.0 Å². The number of aromatic nitrogens is 2. The lowest BCUT2D eigenvalue weighted by molar-refractivity contribution is -0.193. The lowest BCUT2D eigenvalue weighted by Crippen LogP contribution is -2.31. The Kier molecular flexibility index (Phi) is 20.2. The monoisotopic (exact) mass is 887 g/mol. The maximum Gasteiger partial charge on any atom is 0.325 e. The van der Waals surface area contributed by atoms with E-state index in [0.29, 0.717) is 51.9 Å². The van der Waals surface area contributed by atoms with Gasteiger partial charge in [0.2, 0.25) is 4.80 Å². The number of carbonyl (C=O) groups excluding carboxylic acids is 2. The van der Waals surface area contributed by atoms with Crippen molar-refractivity contribution in [2.24, 2.45) is 10.4 Å². The number of fused-ring (bicyclic) bond motifs is 1. The van der Waals surface area contributed by atoms with Gasteiger partial charge >= 0.3 is 16.8 Å². The maximum absolute atomic E-state index is 14.3. The first-order chi connectivity index (χ1) is 25.6. The normalized spacial score (nSPS) is 15.7. The Bertz CT molecular complexity index is 1950. The van der Waals surface area contributed by atoms with Gasteiger partial charge in [-0.15, -0.1) is 11.8 Å². The van der Waals surface area contributed by atoms with E-state index in [0.717, 1.165) is 47.6 Å². The Morgan fingerprint density at radius 3 is 2.31 bits per heavy atom. The zero-order valence-corrected chi connectivity index (χ0v) is 35.9. The van der Waals surface area contributed by atoms with Crippen LogP contribution in [-0.2, 0) is 59.1 Å². The number of benzene rings is 2. The number of nitrogens with zero attached hydrogens (tertiary/aromatic N) is 4. The number of aliphatic carboxylic acids is 1. The average molecular weight is 889 g/mol. The van der Waals surface area contributed by atoms with Gasteiger partial charge in [-0.2, -0.15) is 0 Å². The van der Waals surface area contributed by atoms with Crippen molar-refractivity contribution in [1.82, 2.24) is 19.7 Å². The summed E-state index contributed by atoms with van der Waals surface area (Å²) in [6.45, 7) is 5.43. The first-order valence-electron chi connectivity index (χ1n) is 16.3. The molecule has 3 aromatic rings. The van der Waals surface area contributed by atoms with E-state index in [1.165, 1.54) is 18.2 Å². The van der Waals surface area contributed by atoms with Crippen LogP contribution in [0.3, 0.4) is 0 Å². The molecule has 306 valence electrons. The van der Waals surface area contributed by atoms with E-state index in [4.69, 9.17) is 38.0 Å². The molecule has 2 aliphatic heterocycles. The molecule has 3 N–H and O–H groups in total. The van der Waals surface area contributed by atoms with Gasteiger partial charge in [-0.3, -0.25) is 34.0 Å². The molecule has 0 saturated carbocycles. The van der Waals surface area contributed by atoms with Gasteiger partial charge in [0, 0.05) is 23.0 Å². The van der Waals surface area contributed by atoms with Crippen molar-refractivity contribution in [2.75, 3.05) is 51.1 Å².